The molecule has 0 aliphatic carbocycles. The summed E-state index contributed by atoms with van der Waals surface area (Å²) in [6.07, 6.45) is 0.321. The first kappa shape index (κ1) is 15.5. The minimum Gasteiger partial charge on any atom is -0.465 e. The topological polar surface area (TPSA) is 37.6 Å². The van der Waals surface area contributed by atoms with Gasteiger partial charge in [0.1, 0.15) is 11.5 Å². The van der Waals surface area contributed by atoms with Crippen LogP contribution >= 0.6 is 0 Å². The molecule has 1 aromatic heterocycles. The van der Waals surface area contributed by atoms with E-state index in [9.17, 15) is 0 Å². The van der Waals surface area contributed by atoms with Crippen LogP contribution in [0.4, 0.5) is 0 Å². The highest BCUT2D eigenvalue weighted by molar-refractivity contribution is 5.21. The van der Waals surface area contributed by atoms with Crippen molar-refractivity contribution < 1.29 is 9.15 Å². The Morgan fingerprint density at radius 1 is 1.40 bits per heavy atom. The summed E-state index contributed by atoms with van der Waals surface area (Å²) in [6, 6.07) is 2.19. The van der Waals surface area contributed by atoms with Crippen LogP contribution in [0.3, 0.4) is 0 Å². The van der Waals surface area contributed by atoms with Crippen molar-refractivity contribution in [2.24, 2.45) is 0 Å². The monoisotopic (exact) mass is 280 g/mol. The van der Waals surface area contributed by atoms with Crippen LogP contribution in [0.2, 0.25) is 0 Å². The van der Waals surface area contributed by atoms with Crippen LogP contribution in [0.15, 0.2) is 10.5 Å². The van der Waals surface area contributed by atoms with Crippen molar-refractivity contribution >= 4 is 0 Å². The van der Waals surface area contributed by atoms with Crippen molar-refractivity contribution in [2.45, 2.75) is 59.4 Å². The molecule has 1 atom stereocenters. The number of ether oxygens (including phenoxy) is 1. The summed E-state index contributed by atoms with van der Waals surface area (Å²) in [5.74, 6) is 2.08. The van der Waals surface area contributed by atoms with Crippen LogP contribution in [0, 0.1) is 6.92 Å². The molecular formula is C16H28N2O2. The van der Waals surface area contributed by atoms with E-state index in [0.29, 0.717) is 6.10 Å². The van der Waals surface area contributed by atoms with Gasteiger partial charge in [0, 0.05) is 30.7 Å². The van der Waals surface area contributed by atoms with Gasteiger partial charge < -0.3 is 14.5 Å². The van der Waals surface area contributed by atoms with Gasteiger partial charge in [0.05, 0.1) is 19.3 Å². The molecule has 1 saturated heterocycles. The predicted molar refractivity (Wildman–Crippen MR) is 80.7 cm³/mol. The van der Waals surface area contributed by atoms with E-state index in [2.05, 4.69) is 44.0 Å². The highest BCUT2D eigenvalue weighted by Crippen LogP contribution is 2.18. The zero-order chi connectivity index (χ0) is 14.8. The lowest BCUT2D eigenvalue weighted by molar-refractivity contribution is -0.0231. The van der Waals surface area contributed by atoms with Gasteiger partial charge in [-0.05, 0) is 40.7 Å². The molecule has 0 bridgehead atoms. The van der Waals surface area contributed by atoms with Crippen LogP contribution in [0.5, 0.6) is 0 Å². The second-order valence-corrected chi connectivity index (χ2v) is 6.81. The number of morpholine rings is 1. The van der Waals surface area contributed by atoms with Crippen molar-refractivity contribution in [1.82, 2.24) is 10.2 Å². The molecule has 0 radical (unpaired) electrons. The maximum Gasteiger partial charge on any atom is 0.118 e. The highest BCUT2D eigenvalue weighted by Gasteiger charge is 2.19. The molecule has 1 N–H and O–H groups in total. The normalized spacial score (nSPS) is 21.4. The minimum absolute atomic E-state index is 0.128. The maximum atomic E-state index is 5.90. The summed E-state index contributed by atoms with van der Waals surface area (Å²) in [6.45, 7) is 15.2. The highest BCUT2D eigenvalue weighted by atomic mass is 16.5. The van der Waals surface area contributed by atoms with E-state index in [-0.39, 0.29) is 5.54 Å². The number of hydrogen-bond donors (Lipinski definition) is 1. The van der Waals surface area contributed by atoms with Crippen molar-refractivity contribution in [3.8, 4) is 0 Å². The van der Waals surface area contributed by atoms with Crippen LogP contribution < -0.4 is 5.32 Å². The van der Waals surface area contributed by atoms with Gasteiger partial charge in [0.2, 0.25) is 0 Å². The molecule has 1 aliphatic heterocycles. The third kappa shape index (κ3) is 4.62. The van der Waals surface area contributed by atoms with Gasteiger partial charge in [-0.3, -0.25) is 4.90 Å². The molecule has 2 rings (SSSR count). The van der Waals surface area contributed by atoms with Gasteiger partial charge in [-0.2, -0.15) is 0 Å². The lowest BCUT2D eigenvalue weighted by Crippen LogP contribution is -2.40. The molecule has 20 heavy (non-hydrogen) atoms. The molecule has 4 nitrogen and oxygen atoms in total. The van der Waals surface area contributed by atoms with Crippen LogP contribution in [-0.4, -0.2) is 36.2 Å². The number of nitrogens with zero attached hydrogens (tertiary/aromatic N) is 1. The summed E-state index contributed by atoms with van der Waals surface area (Å²) in [5, 5.41) is 3.51. The summed E-state index contributed by atoms with van der Waals surface area (Å²) in [7, 11) is 0. The zero-order valence-electron chi connectivity index (χ0n) is 13.5. The molecule has 0 spiro atoms. The largest absolute Gasteiger partial charge is 0.465 e. The lowest BCUT2D eigenvalue weighted by Gasteiger charge is -2.30. The Bertz CT molecular complexity index is 434. The average molecular weight is 280 g/mol. The molecule has 0 saturated carbocycles. The molecule has 1 unspecified atom stereocenters. The summed E-state index contributed by atoms with van der Waals surface area (Å²) in [4.78, 5) is 2.40. The molecule has 1 aliphatic rings. The number of nitrogens with one attached hydrogen (secondary N) is 1. The van der Waals surface area contributed by atoms with Crippen molar-refractivity contribution in [2.75, 3.05) is 19.7 Å². The van der Waals surface area contributed by atoms with E-state index in [4.69, 9.17) is 9.15 Å². The molecule has 4 heteroatoms. The van der Waals surface area contributed by atoms with E-state index < -0.39 is 0 Å². The van der Waals surface area contributed by atoms with Crippen molar-refractivity contribution in [3.63, 3.8) is 0 Å². The van der Waals surface area contributed by atoms with E-state index in [1.54, 1.807) is 0 Å². The third-order valence-electron chi connectivity index (χ3n) is 3.59. The van der Waals surface area contributed by atoms with E-state index in [0.717, 1.165) is 44.3 Å². The molecule has 0 amide bonds. The summed E-state index contributed by atoms with van der Waals surface area (Å²) >= 11 is 0. The number of rotatable bonds is 4. The fraction of sp³-hybridized carbons (Fsp3) is 0.750. The van der Waals surface area contributed by atoms with Crippen LogP contribution in [0.25, 0.3) is 0 Å². The van der Waals surface area contributed by atoms with E-state index in [1.807, 2.05) is 6.92 Å². The Balaban J connectivity index is 1.93. The second kappa shape index (κ2) is 6.29. The quantitative estimate of drug-likeness (QED) is 0.920. The lowest BCUT2D eigenvalue weighted by atomic mass is 10.1. The first-order chi connectivity index (χ1) is 9.33. The minimum atomic E-state index is 0.128. The molecule has 1 fully saturated rings. The molecular weight excluding hydrogens is 252 g/mol. The fourth-order valence-electron chi connectivity index (χ4n) is 2.46. The predicted octanol–water partition coefficient (Wildman–Crippen LogP) is 2.70. The SMILES string of the molecule is Cc1oc(CN2CCOC(C)C2)cc1CNC(C)(C)C. The molecule has 114 valence electrons. The van der Waals surface area contributed by atoms with E-state index >= 15 is 0 Å². The second-order valence-electron chi connectivity index (χ2n) is 6.81. The van der Waals surface area contributed by atoms with Crippen LogP contribution in [0.1, 0.15) is 44.8 Å². The van der Waals surface area contributed by atoms with Gasteiger partial charge in [-0.25, -0.2) is 0 Å². The van der Waals surface area contributed by atoms with Gasteiger partial charge in [-0.15, -0.1) is 0 Å². The standard InChI is InChI=1S/C16H28N2O2/c1-12-10-18(6-7-19-12)11-15-8-14(13(2)20-15)9-17-16(3,4)5/h8,12,17H,6-7,9-11H2,1-5H3. The smallest absolute Gasteiger partial charge is 0.118 e. The summed E-state index contributed by atoms with van der Waals surface area (Å²) in [5.41, 5.74) is 1.39. The van der Waals surface area contributed by atoms with Gasteiger partial charge in [0.25, 0.3) is 0 Å². The molecule has 1 aromatic rings. The number of furan rings is 1. The van der Waals surface area contributed by atoms with Gasteiger partial charge >= 0.3 is 0 Å². The van der Waals surface area contributed by atoms with Gasteiger partial charge in [-0.1, -0.05) is 0 Å². The fourth-order valence-corrected chi connectivity index (χ4v) is 2.46. The van der Waals surface area contributed by atoms with Crippen molar-refractivity contribution in [3.05, 3.63) is 23.2 Å². The van der Waals surface area contributed by atoms with Gasteiger partial charge in [0.15, 0.2) is 0 Å². The molecule has 2 heterocycles. The summed E-state index contributed by atoms with van der Waals surface area (Å²) < 4.78 is 11.5. The Morgan fingerprint density at radius 3 is 2.80 bits per heavy atom. The third-order valence-corrected chi connectivity index (χ3v) is 3.59. The number of aryl methyl sites for hydroxylation is 1. The Morgan fingerprint density at radius 2 is 2.15 bits per heavy atom. The first-order valence-corrected chi connectivity index (χ1v) is 7.50. The first-order valence-electron chi connectivity index (χ1n) is 7.50. The van der Waals surface area contributed by atoms with E-state index in [1.165, 1.54) is 5.56 Å². The maximum absolute atomic E-state index is 5.90. The Hall–Kier alpha value is -0.840. The van der Waals surface area contributed by atoms with Crippen LogP contribution in [-0.2, 0) is 17.8 Å². The zero-order valence-corrected chi connectivity index (χ0v) is 13.5. The molecule has 0 aromatic carbocycles. The average Bonchev–Trinajstić information content (AvgIpc) is 2.66. The van der Waals surface area contributed by atoms with Crippen molar-refractivity contribution in [1.29, 1.82) is 0 Å². The Labute approximate surface area is 122 Å². The number of hydrogen-bond acceptors (Lipinski definition) is 4. The Kier molecular flexibility index (Phi) is 4.89.